The van der Waals surface area contributed by atoms with E-state index < -0.39 is 0 Å². The standard InChI is InChI=1S/C12H27NS/c1-5-8-12(4)11-14-10-9-13(6-2)7-3/h12H,5-11H2,1-4H3. The predicted molar refractivity (Wildman–Crippen MR) is 69.2 cm³/mol. The third-order valence-corrected chi connectivity index (χ3v) is 3.91. The van der Waals surface area contributed by atoms with E-state index >= 15 is 0 Å². The molecule has 0 N–H and O–H groups in total. The van der Waals surface area contributed by atoms with Crippen LogP contribution in [0.5, 0.6) is 0 Å². The normalized spacial score (nSPS) is 13.5. The lowest BCUT2D eigenvalue weighted by molar-refractivity contribution is 0.324. The Morgan fingerprint density at radius 3 is 2.29 bits per heavy atom. The van der Waals surface area contributed by atoms with Crippen LogP contribution in [0.3, 0.4) is 0 Å². The van der Waals surface area contributed by atoms with Crippen LogP contribution in [-0.2, 0) is 0 Å². The summed E-state index contributed by atoms with van der Waals surface area (Å²) in [6.45, 7) is 12.8. The molecular weight excluding hydrogens is 190 g/mol. The highest BCUT2D eigenvalue weighted by molar-refractivity contribution is 7.99. The Morgan fingerprint density at radius 1 is 1.14 bits per heavy atom. The number of hydrogen-bond acceptors (Lipinski definition) is 2. The van der Waals surface area contributed by atoms with E-state index in [4.69, 9.17) is 0 Å². The maximum absolute atomic E-state index is 2.50. The van der Waals surface area contributed by atoms with Crippen molar-refractivity contribution in [2.24, 2.45) is 5.92 Å². The zero-order valence-electron chi connectivity index (χ0n) is 10.4. The van der Waals surface area contributed by atoms with E-state index in [0.717, 1.165) is 5.92 Å². The fraction of sp³-hybridized carbons (Fsp3) is 1.00. The Morgan fingerprint density at radius 2 is 1.79 bits per heavy atom. The molecule has 0 spiro atoms. The molecule has 0 saturated carbocycles. The van der Waals surface area contributed by atoms with Gasteiger partial charge >= 0.3 is 0 Å². The lowest BCUT2D eigenvalue weighted by Crippen LogP contribution is -2.25. The van der Waals surface area contributed by atoms with Crippen molar-refractivity contribution in [1.82, 2.24) is 4.90 Å². The molecule has 0 radical (unpaired) electrons. The summed E-state index contributed by atoms with van der Waals surface area (Å²) < 4.78 is 0. The van der Waals surface area contributed by atoms with Gasteiger partial charge in [-0.1, -0.05) is 40.5 Å². The van der Waals surface area contributed by atoms with Crippen LogP contribution in [0.1, 0.15) is 40.5 Å². The molecule has 0 aliphatic carbocycles. The maximum atomic E-state index is 2.50. The molecule has 0 aromatic rings. The summed E-state index contributed by atoms with van der Waals surface area (Å²) in [7, 11) is 0. The van der Waals surface area contributed by atoms with Gasteiger partial charge in [0.1, 0.15) is 0 Å². The monoisotopic (exact) mass is 217 g/mol. The first-order valence-electron chi connectivity index (χ1n) is 6.04. The highest BCUT2D eigenvalue weighted by atomic mass is 32.2. The fourth-order valence-electron chi connectivity index (χ4n) is 1.59. The van der Waals surface area contributed by atoms with Crippen molar-refractivity contribution in [3.8, 4) is 0 Å². The Hall–Kier alpha value is 0.310. The summed E-state index contributed by atoms with van der Waals surface area (Å²) in [5.74, 6) is 3.55. The van der Waals surface area contributed by atoms with E-state index in [0.29, 0.717) is 0 Å². The highest BCUT2D eigenvalue weighted by Gasteiger charge is 2.02. The molecule has 1 atom stereocenters. The molecule has 0 heterocycles. The molecule has 0 aromatic heterocycles. The second-order valence-corrected chi connectivity index (χ2v) is 5.15. The smallest absolute Gasteiger partial charge is 0.00721 e. The molecule has 0 aliphatic heterocycles. The third-order valence-electron chi connectivity index (χ3n) is 2.63. The highest BCUT2D eigenvalue weighted by Crippen LogP contribution is 2.13. The van der Waals surface area contributed by atoms with Gasteiger partial charge in [-0.2, -0.15) is 11.8 Å². The first-order valence-corrected chi connectivity index (χ1v) is 7.20. The fourth-order valence-corrected chi connectivity index (χ4v) is 2.72. The molecule has 0 rings (SSSR count). The van der Waals surface area contributed by atoms with E-state index in [1.165, 1.54) is 44.0 Å². The average molecular weight is 217 g/mol. The summed E-state index contributed by atoms with van der Waals surface area (Å²) in [6.07, 6.45) is 2.72. The Kier molecular flexibility index (Phi) is 10.1. The molecule has 14 heavy (non-hydrogen) atoms. The minimum Gasteiger partial charge on any atom is -0.303 e. The van der Waals surface area contributed by atoms with Crippen LogP contribution in [0.2, 0.25) is 0 Å². The molecule has 0 bridgehead atoms. The molecule has 2 heteroatoms. The first kappa shape index (κ1) is 14.3. The van der Waals surface area contributed by atoms with Gasteiger partial charge < -0.3 is 4.90 Å². The Labute approximate surface area is 94.6 Å². The lowest BCUT2D eigenvalue weighted by Gasteiger charge is -2.18. The Balaban J connectivity index is 3.27. The summed E-state index contributed by atoms with van der Waals surface area (Å²) in [5.41, 5.74) is 0. The third kappa shape index (κ3) is 7.69. The van der Waals surface area contributed by atoms with Crippen LogP contribution in [0.15, 0.2) is 0 Å². The van der Waals surface area contributed by atoms with Crippen molar-refractivity contribution in [2.75, 3.05) is 31.1 Å². The van der Waals surface area contributed by atoms with Gasteiger partial charge in [-0.25, -0.2) is 0 Å². The number of thioether (sulfide) groups is 1. The minimum atomic E-state index is 0.904. The summed E-state index contributed by atoms with van der Waals surface area (Å²) in [4.78, 5) is 2.50. The van der Waals surface area contributed by atoms with Gasteiger partial charge in [0.15, 0.2) is 0 Å². The molecule has 86 valence electrons. The van der Waals surface area contributed by atoms with Crippen molar-refractivity contribution in [1.29, 1.82) is 0 Å². The number of hydrogen-bond donors (Lipinski definition) is 0. The van der Waals surface area contributed by atoms with E-state index in [1.54, 1.807) is 0 Å². The molecule has 0 fully saturated rings. The number of nitrogens with zero attached hydrogens (tertiary/aromatic N) is 1. The van der Waals surface area contributed by atoms with Crippen molar-refractivity contribution < 1.29 is 0 Å². The van der Waals surface area contributed by atoms with Crippen LogP contribution in [0, 0.1) is 5.92 Å². The summed E-state index contributed by atoms with van der Waals surface area (Å²) >= 11 is 2.12. The van der Waals surface area contributed by atoms with Crippen LogP contribution in [0.25, 0.3) is 0 Å². The molecule has 0 aromatic carbocycles. The van der Waals surface area contributed by atoms with Crippen molar-refractivity contribution in [2.45, 2.75) is 40.5 Å². The minimum absolute atomic E-state index is 0.904. The van der Waals surface area contributed by atoms with Gasteiger partial charge in [0.25, 0.3) is 0 Å². The molecular formula is C12H27NS. The molecule has 1 unspecified atom stereocenters. The zero-order valence-corrected chi connectivity index (χ0v) is 11.2. The van der Waals surface area contributed by atoms with Crippen molar-refractivity contribution in [3.63, 3.8) is 0 Å². The summed E-state index contributed by atoms with van der Waals surface area (Å²) in [5, 5.41) is 0. The molecule has 0 aliphatic rings. The van der Waals surface area contributed by atoms with Crippen molar-refractivity contribution in [3.05, 3.63) is 0 Å². The second-order valence-electron chi connectivity index (χ2n) is 4.00. The topological polar surface area (TPSA) is 3.24 Å². The van der Waals surface area contributed by atoms with Gasteiger partial charge in [-0.15, -0.1) is 0 Å². The van der Waals surface area contributed by atoms with Gasteiger partial charge in [0, 0.05) is 12.3 Å². The predicted octanol–water partition coefficient (Wildman–Crippen LogP) is 3.50. The zero-order chi connectivity index (χ0) is 10.8. The van der Waals surface area contributed by atoms with Crippen LogP contribution in [-0.4, -0.2) is 36.0 Å². The van der Waals surface area contributed by atoms with E-state index in [2.05, 4.69) is 44.4 Å². The van der Waals surface area contributed by atoms with Crippen LogP contribution < -0.4 is 0 Å². The largest absolute Gasteiger partial charge is 0.303 e. The number of rotatable bonds is 9. The lowest BCUT2D eigenvalue weighted by atomic mass is 10.1. The van der Waals surface area contributed by atoms with Crippen LogP contribution >= 0.6 is 11.8 Å². The molecule has 0 saturated heterocycles. The van der Waals surface area contributed by atoms with E-state index in [-0.39, 0.29) is 0 Å². The quantitative estimate of drug-likeness (QED) is 0.544. The SMILES string of the molecule is CCCC(C)CSCCN(CC)CC. The first-order chi connectivity index (χ1) is 6.74. The molecule has 0 amide bonds. The average Bonchev–Trinajstić information content (AvgIpc) is 2.19. The summed E-state index contributed by atoms with van der Waals surface area (Å²) in [6, 6.07) is 0. The van der Waals surface area contributed by atoms with E-state index in [1.807, 2.05) is 0 Å². The van der Waals surface area contributed by atoms with Gasteiger partial charge in [0.2, 0.25) is 0 Å². The second kappa shape index (κ2) is 9.85. The van der Waals surface area contributed by atoms with E-state index in [9.17, 15) is 0 Å². The van der Waals surface area contributed by atoms with Gasteiger partial charge in [-0.3, -0.25) is 0 Å². The van der Waals surface area contributed by atoms with Gasteiger partial charge in [0.05, 0.1) is 0 Å². The molecule has 1 nitrogen and oxygen atoms in total. The Bertz CT molecular complexity index is 113. The van der Waals surface area contributed by atoms with Crippen LogP contribution in [0.4, 0.5) is 0 Å². The van der Waals surface area contributed by atoms with Gasteiger partial charge in [-0.05, 0) is 24.8 Å². The van der Waals surface area contributed by atoms with Crippen molar-refractivity contribution >= 4 is 11.8 Å². The maximum Gasteiger partial charge on any atom is 0.00721 e.